The lowest BCUT2D eigenvalue weighted by Gasteiger charge is -2.28. The van der Waals surface area contributed by atoms with Crippen molar-refractivity contribution in [3.05, 3.63) is 77.2 Å². The van der Waals surface area contributed by atoms with Crippen LogP contribution in [0.4, 0.5) is 10.5 Å². The number of carbonyl (C=O) groups is 3. The van der Waals surface area contributed by atoms with Crippen LogP contribution < -0.4 is 10.6 Å². The number of likely N-dealkylation sites (N-methyl/N-ethyl adjacent to an activating group) is 1. The standard InChI is InChI=1S/C27H32N4O6/c1-17-22(15-28-37-17)25(34)29-19-11-12-23(32)21(14-19)24(33)30-20(13-18-9-7-6-8-10-18)16-31(5)26(35)36-27(2,3)4/h6-12,14-15,20,32H,13,16H2,1-5H3,(H,29,34)(H,30,33). The Morgan fingerprint density at radius 2 is 1.78 bits per heavy atom. The molecule has 37 heavy (non-hydrogen) atoms. The first-order valence-electron chi connectivity index (χ1n) is 11.8. The Morgan fingerprint density at radius 1 is 1.08 bits per heavy atom. The molecule has 0 aliphatic carbocycles. The second-order valence-corrected chi connectivity index (χ2v) is 9.70. The molecule has 1 unspecified atom stereocenters. The molecule has 0 saturated heterocycles. The molecule has 1 aromatic heterocycles. The van der Waals surface area contributed by atoms with E-state index in [1.165, 1.54) is 29.3 Å². The fourth-order valence-corrected chi connectivity index (χ4v) is 3.58. The summed E-state index contributed by atoms with van der Waals surface area (Å²) in [7, 11) is 1.60. The van der Waals surface area contributed by atoms with Gasteiger partial charge in [0.25, 0.3) is 11.8 Å². The molecule has 1 heterocycles. The number of amides is 3. The number of aromatic nitrogens is 1. The lowest BCUT2D eigenvalue weighted by Crippen LogP contribution is -2.46. The van der Waals surface area contributed by atoms with Gasteiger partial charge >= 0.3 is 6.09 Å². The number of rotatable bonds is 8. The molecule has 0 aliphatic rings. The number of aromatic hydroxyl groups is 1. The highest BCUT2D eigenvalue weighted by atomic mass is 16.6. The summed E-state index contributed by atoms with van der Waals surface area (Å²) >= 11 is 0. The van der Waals surface area contributed by atoms with Crippen LogP contribution >= 0.6 is 0 Å². The molecule has 0 radical (unpaired) electrons. The number of aryl methyl sites for hydroxylation is 1. The summed E-state index contributed by atoms with van der Waals surface area (Å²) in [5, 5.41) is 19.5. The molecule has 0 spiro atoms. The molecule has 0 bridgehead atoms. The van der Waals surface area contributed by atoms with Crippen LogP contribution in [0.15, 0.2) is 59.3 Å². The number of phenols is 1. The fourth-order valence-electron chi connectivity index (χ4n) is 3.58. The quantitative estimate of drug-likeness (QED) is 0.389. The highest BCUT2D eigenvalue weighted by Crippen LogP contribution is 2.23. The number of nitrogens with zero attached hydrogens (tertiary/aromatic N) is 2. The number of benzene rings is 2. The molecule has 3 rings (SSSR count). The monoisotopic (exact) mass is 508 g/mol. The van der Waals surface area contributed by atoms with Gasteiger partial charge in [0.1, 0.15) is 22.7 Å². The second kappa shape index (κ2) is 11.6. The number of phenolic OH excluding ortho intramolecular Hbond substituents is 1. The normalized spacial score (nSPS) is 11.9. The van der Waals surface area contributed by atoms with Crippen molar-refractivity contribution in [1.82, 2.24) is 15.4 Å². The molecule has 3 aromatic rings. The molecule has 3 N–H and O–H groups in total. The Balaban J connectivity index is 1.78. The van der Waals surface area contributed by atoms with Crippen LogP contribution in [0.1, 0.15) is 52.8 Å². The fraction of sp³-hybridized carbons (Fsp3) is 0.333. The van der Waals surface area contributed by atoms with Crippen molar-refractivity contribution >= 4 is 23.6 Å². The van der Waals surface area contributed by atoms with Gasteiger partial charge in [-0.3, -0.25) is 9.59 Å². The van der Waals surface area contributed by atoms with Crippen molar-refractivity contribution in [2.24, 2.45) is 0 Å². The number of hydrogen-bond donors (Lipinski definition) is 3. The van der Waals surface area contributed by atoms with Crippen LogP contribution in [0.2, 0.25) is 0 Å². The summed E-state index contributed by atoms with van der Waals surface area (Å²) in [5.41, 5.74) is 0.828. The molecule has 0 saturated carbocycles. The summed E-state index contributed by atoms with van der Waals surface area (Å²) in [6.45, 7) is 7.11. The zero-order valence-electron chi connectivity index (χ0n) is 21.6. The van der Waals surface area contributed by atoms with Crippen molar-refractivity contribution in [2.75, 3.05) is 18.9 Å². The van der Waals surface area contributed by atoms with Crippen LogP contribution in [-0.2, 0) is 11.2 Å². The van der Waals surface area contributed by atoms with E-state index in [0.29, 0.717) is 17.9 Å². The minimum Gasteiger partial charge on any atom is -0.507 e. The van der Waals surface area contributed by atoms with Gasteiger partial charge in [-0.25, -0.2) is 4.79 Å². The SMILES string of the molecule is Cc1oncc1C(=O)Nc1ccc(O)c(C(=O)NC(Cc2ccccc2)CN(C)C(=O)OC(C)(C)C)c1. The van der Waals surface area contributed by atoms with Gasteiger partial charge in [0, 0.05) is 19.3 Å². The van der Waals surface area contributed by atoms with E-state index in [4.69, 9.17) is 9.26 Å². The molecule has 2 aromatic carbocycles. The van der Waals surface area contributed by atoms with Gasteiger partial charge in [-0.2, -0.15) is 0 Å². The number of carbonyl (C=O) groups excluding carboxylic acids is 3. The number of anilines is 1. The second-order valence-electron chi connectivity index (χ2n) is 9.70. The van der Waals surface area contributed by atoms with Crippen LogP contribution in [0.3, 0.4) is 0 Å². The van der Waals surface area contributed by atoms with Gasteiger partial charge in [0.2, 0.25) is 0 Å². The highest BCUT2D eigenvalue weighted by molar-refractivity contribution is 6.06. The topological polar surface area (TPSA) is 134 Å². The van der Waals surface area contributed by atoms with E-state index < -0.39 is 29.6 Å². The molecule has 0 aliphatic heterocycles. The van der Waals surface area contributed by atoms with Gasteiger partial charge in [-0.1, -0.05) is 35.5 Å². The molecular formula is C27H32N4O6. The van der Waals surface area contributed by atoms with Crippen molar-refractivity contribution < 1.29 is 28.8 Å². The van der Waals surface area contributed by atoms with Crippen LogP contribution in [0.25, 0.3) is 0 Å². The van der Waals surface area contributed by atoms with Crippen molar-refractivity contribution in [2.45, 2.75) is 45.8 Å². The Bertz CT molecular complexity index is 1250. The summed E-state index contributed by atoms with van der Waals surface area (Å²) in [4.78, 5) is 39.7. The molecular weight excluding hydrogens is 476 g/mol. The van der Waals surface area contributed by atoms with E-state index in [1.807, 2.05) is 30.3 Å². The summed E-state index contributed by atoms with van der Waals surface area (Å²) in [6, 6.07) is 13.2. The van der Waals surface area contributed by atoms with Crippen molar-refractivity contribution in [1.29, 1.82) is 0 Å². The number of nitrogens with one attached hydrogen (secondary N) is 2. The first kappa shape index (κ1) is 27.3. The van der Waals surface area contributed by atoms with E-state index >= 15 is 0 Å². The zero-order valence-corrected chi connectivity index (χ0v) is 21.6. The Hall–Kier alpha value is -4.34. The smallest absolute Gasteiger partial charge is 0.410 e. The number of hydrogen-bond acceptors (Lipinski definition) is 7. The number of ether oxygens (including phenoxy) is 1. The van der Waals surface area contributed by atoms with Gasteiger partial charge in [0.15, 0.2) is 0 Å². The molecule has 1 atom stereocenters. The largest absolute Gasteiger partial charge is 0.507 e. The molecule has 10 nitrogen and oxygen atoms in total. The van der Waals surface area contributed by atoms with Crippen LogP contribution in [0.5, 0.6) is 5.75 Å². The highest BCUT2D eigenvalue weighted by Gasteiger charge is 2.24. The Kier molecular flexibility index (Phi) is 8.54. The van der Waals surface area contributed by atoms with Crippen molar-refractivity contribution in [3.63, 3.8) is 0 Å². The van der Waals surface area contributed by atoms with Crippen LogP contribution in [-0.4, -0.2) is 58.3 Å². The average Bonchev–Trinajstić information content (AvgIpc) is 3.25. The van der Waals surface area contributed by atoms with E-state index in [9.17, 15) is 19.5 Å². The molecule has 196 valence electrons. The maximum absolute atomic E-state index is 13.2. The van der Waals surface area contributed by atoms with E-state index in [1.54, 1.807) is 34.7 Å². The van der Waals surface area contributed by atoms with Gasteiger partial charge in [0.05, 0.1) is 17.8 Å². The third-order valence-corrected chi connectivity index (χ3v) is 5.35. The third kappa shape index (κ3) is 7.83. The van der Waals surface area contributed by atoms with Gasteiger partial charge in [-0.05, 0) is 57.9 Å². The average molecular weight is 509 g/mol. The lowest BCUT2D eigenvalue weighted by atomic mass is 10.0. The van der Waals surface area contributed by atoms with E-state index in [-0.39, 0.29) is 23.4 Å². The lowest BCUT2D eigenvalue weighted by molar-refractivity contribution is 0.0280. The first-order chi connectivity index (χ1) is 17.4. The minimum absolute atomic E-state index is 0.0298. The summed E-state index contributed by atoms with van der Waals surface area (Å²) in [6.07, 6.45) is 1.22. The van der Waals surface area contributed by atoms with Gasteiger partial charge in [-0.15, -0.1) is 0 Å². The predicted octanol–water partition coefficient (Wildman–Crippen LogP) is 4.15. The summed E-state index contributed by atoms with van der Waals surface area (Å²) < 4.78 is 10.4. The predicted molar refractivity (Wildman–Crippen MR) is 138 cm³/mol. The maximum atomic E-state index is 13.2. The Morgan fingerprint density at radius 3 is 2.41 bits per heavy atom. The Labute approximate surface area is 215 Å². The first-order valence-corrected chi connectivity index (χ1v) is 11.8. The van der Waals surface area contributed by atoms with E-state index in [2.05, 4.69) is 15.8 Å². The molecule has 10 heteroatoms. The minimum atomic E-state index is -0.661. The van der Waals surface area contributed by atoms with E-state index in [0.717, 1.165) is 5.56 Å². The summed E-state index contributed by atoms with van der Waals surface area (Å²) in [5.74, 6) is -0.923. The molecule has 0 fully saturated rings. The van der Waals surface area contributed by atoms with Crippen molar-refractivity contribution in [3.8, 4) is 5.75 Å². The van der Waals surface area contributed by atoms with Gasteiger partial charge < -0.3 is 29.9 Å². The maximum Gasteiger partial charge on any atom is 0.410 e. The van der Waals surface area contributed by atoms with Crippen LogP contribution in [0, 0.1) is 6.92 Å². The third-order valence-electron chi connectivity index (χ3n) is 5.35. The molecule has 3 amide bonds. The zero-order chi connectivity index (χ0) is 27.2.